The molecule has 0 radical (unpaired) electrons. The molecule has 2 aromatic heterocycles. The first-order valence-electron chi connectivity index (χ1n) is 17.5. The first kappa shape index (κ1) is 28.6. The molecule has 1 aliphatic rings. The van der Waals surface area contributed by atoms with E-state index in [4.69, 9.17) is 0 Å². The van der Waals surface area contributed by atoms with Gasteiger partial charge in [-0.15, -0.1) is 0 Å². The van der Waals surface area contributed by atoms with Gasteiger partial charge >= 0.3 is 0 Å². The minimum atomic E-state index is 0.458. The van der Waals surface area contributed by atoms with Crippen molar-refractivity contribution in [2.45, 2.75) is 12.3 Å². The Balaban J connectivity index is 1.07. The van der Waals surface area contributed by atoms with Crippen LogP contribution in [0.1, 0.15) is 17.9 Å². The fourth-order valence-electron chi connectivity index (χ4n) is 8.01. The van der Waals surface area contributed by atoms with Crippen molar-refractivity contribution in [1.29, 1.82) is 0 Å². The van der Waals surface area contributed by atoms with Gasteiger partial charge < -0.3 is 9.13 Å². The van der Waals surface area contributed by atoms with Gasteiger partial charge in [-0.1, -0.05) is 127 Å². The Labute approximate surface area is 291 Å². The summed E-state index contributed by atoms with van der Waals surface area (Å²) < 4.78 is 4.79. The number of hydrogen-bond acceptors (Lipinski definition) is 0. The van der Waals surface area contributed by atoms with Crippen molar-refractivity contribution >= 4 is 43.6 Å². The van der Waals surface area contributed by atoms with E-state index in [0.29, 0.717) is 5.92 Å². The molecule has 9 aromatic rings. The Kier molecular flexibility index (Phi) is 6.67. The molecule has 1 unspecified atom stereocenters. The molecule has 2 nitrogen and oxygen atoms in total. The Morgan fingerprint density at radius 1 is 0.380 bits per heavy atom. The van der Waals surface area contributed by atoms with E-state index in [1.807, 2.05) is 0 Å². The van der Waals surface area contributed by atoms with E-state index in [1.54, 1.807) is 0 Å². The number of rotatable bonds is 5. The SMILES string of the molecule is C1=CCC(c2ccc(-c3cccc(-n4c5ccccc5c5cc(-c6ccc7c(c6)c6ccccc6n7-c6ccccc6)ccc54)c3)cc2)C=C1. The van der Waals surface area contributed by atoms with Crippen molar-refractivity contribution in [3.05, 3.63) is 194 Å². The van der Waals surface area contributed by atoms with Gasteiger partial charge in [0.15, 0.2) is 0 Å². The minimum Gasteiger partial charge on any atom is -0.309 e. The average Bonchev–Trinajstić information content (AvgIpc) is 3.71. The highest BCUT2D eigenvalue weighted by Gasteiger charge is 2.16. The normalized spacial score (nSPS) is 14.4. The summed E-state index contributed by atoms with van der Waals surface area (Å²) in [5.74, 6) is 0.458. The maximum atomic E-state index is 2.42. The van der Waals surface area contributed by atoms with Crippen LogP contribution in [0.15, 0.2) is 188 Å². The van der Waals surface area contributed by atoms with Gasteiger partial charge in [-0.2, -0.15) is 0 Å². The van der Waals surface area contributed by atoms with Gasteiger partial charge in [-0.25, -0.2) is 0 Å². The van der Waals surface area contributed by atoms with Crippen molar-refractivity contribution in [3.8, 4) is 33.6 Å². The predicted molar refractivity (Wildman–Crippen MR) is 212 cm³/mol. The van der Waals surface area contributed by atoms with Crippen LogP contribution in [-0.4, -0.2) is 9.13 Å². The number of para-hydroxylation sites is 3. The van der Waals surface area contributed by atoms with Crippen LogP contribution in [0.4, 0.5) is 0 Å². The van der Waals surface area contributed by atoms with Crippen LogP contribution in [0.2, 0.25) is 0 Å². The van der Waals surface area contributed by atoms with Crippen LogP contribution in [0.25, 0.3) is 77.2 Å². The van der Waals surface area contributed by atoms with Gasteiger partial charge in [0.2, 0.25) is 0 Å². The summed E-state index contributed by atoms with van der Waals surface area (Å²) in [5.41, 5.74) is 13.5. The van der Waals surface area contributed by atoms with Crippen LogP contribution in [0, 0.1) is 0 Å². The number of hydrogen-bond donors (Lipinski definition) is 0. The van der Waals surface area contributed by atoms with Crippen LogP contribution in [0.5, 0.6) is 0 Å². The Bertz CT molecular complexity index is 2770. The van der Waals surface area contributed by atoms with Crippen molar-refractivity contribution < 1.29 is 0 Å². The maximum absolute atomic E-state index is 2.42. The predicted octanol–water partition coefficient (Wildman–Crippen LogP) is 12.8. The lowest BCUT2D eigenvalue weighted by atomic mass is 9.91. The van der Waals surface area contributed by atoms with E-state index in [9.17, 15) is 0 Å². The summed E-state index contributed by atoms with van der Waals surface area (Å²) in [5, 5.41) is 5.05. The standard InChI is InChI=1S/C48H34N2/c1-3-12-33(13-4-1)34-22-24-35(25-23-34)36-14-11-17-40(30-36)50-46-21-10-8-19-42(46)44-32-38(27-29-48(44)50)37-26-28-47-43(31-37)41-18-7-9-20-45(41)49(47)39-15-5-2-6-16-39/h1-12,14-33H,13H2. The highest BCUT2D eigenvalue weighted by Crippen LogP contribution is 2.39. The van der Waals surface area contributed by atoms with Crippen LogP contribution in [0.3, 0.4) is 0 Å². The number of aromatic nitrogens is 2. The molecule has 0 spiro atoms. The highest BCUT2D eigenvalue weighted by atomic mass is 15.0. The van der Waals surface area contributed by atoms with Gasteiger partial charge in [0.05, 0.1) is 22.1 Å². The fraction of sp³-hybridized carbons (Fsp3) is 0.0417. The molecule has 0 saturated carbocycles. The molecule has 0 bridgehead atoms. The van der Waals surface area contributed by atoms with Gasteiger partial charge in [-0.3, -0.25) is 0 Å². The van der Waals surface area contributed by atoms with Crippen molar-refractivity contribution in [2.24, 2.45) is 0 Å². The highest BCUT2D eigenvalue weighted by molar-refractivity contribution is 6.12. The van der Waals surface area contributed by atoms with Gasteiger partial charge in [-0.05, 0) is 94.9 Å². The molecular weight excluding hydrogens is 605 g/mol. The van der Waals surface area contributed by atoms with Gasteiger partial charge in [0.1, 0.15) is 0 Å². The quantitative estimate of drug-likeness (QED) is 0.178. The topological polar surface area (TPSA) is 9.86 Å². The molecule has 2 heteroatoms. The molecule has 2 heterocycles. The smallest absolute Gasteiger partial charge is 0.0541 e. The van der Waals surface area contributed by atoms with E-state index in [0.717, 1.165) is 6.42 Å². The summed E-state index contributed by atoms with van der Waals surface area (Å²) in [6.45, 7) is 0. The number of nitrogens with zero attached hydrogens (tertiary/aromatic N) is 2. The Morgan fingerprint density at radius 3 is 1.56 bits per heavy atom. The minimum absolute atomic E-state index is 0.458. The van der Waals surface area contributed by atoms with Crippen LogP contribution in [-0.2, 0) is 0 Å². The largest absolute Gasteiger partial charge is 0.309 e. The summed E-state index contributed by atoms with van der Waals surface area (Å²) >= 11 is 0. The number of allylic oxidation sites excluding steroid dienone is 4. The second-order valence-corrected chi connectivity index (χ2v) is 13.3. The van der Waals surface area contributed by atoms with Crippen molar-refractivity contribution in [1.82, 2.24) is 9.13 Å². The van der Waals surface area contributed by atoms with Gasteiger partial charge in [0, 0.05) is 38.8 Å². The van der Waals surface area contributed by atoms with Gasteiger partial charge in [0.25, 0.3) is 0 Å². The van der Waals surface area contributed by atoms with Crippen LogP contribution >= 0.6 is 0 Å². The molecule has 0 fully saturated rings. The third kappa shape index (κ3) is 4.64. The lowest BCUT2D eigenvalue weighted by Gasteiger charge is -2.14. The summed E-state index contributed by atoms with van der Waals surface area (Å²) in [4.78, 5) is 0. The molecule has 236 valence electrons. The van der Waals surface area contributed by atoms with E-state index >= 15 is 0 Å². The van der Waals surface area contributed by atoms with Crippen molar-refractivity contribution in [3.63, 3.8) is 0 Å². The van der Waals surface area contributed by atoms with E-state index in [2.05, 4.69) is 197 Å². The second-order valence-electron chi connectivity index (χ2n) is 13.3. The van der Waals surface area contributed by atoms with Crippen LogP contribution < -0.4 is 0 Å². The zero-order valence-electron chi connectivity index (χ0n) is 27.6. The zero-order chi connectivity index (χ0) is 33.0. The third-order valence-corrected chi connectivity index (χ3v) is 10.5. The summed E-state index contributed by atoms with van der Waals surface area (Å²) in [7, 11) is 0. The molecular formula is C48H34N2. The van der Waals surface area contributed by atoms with E-state index < -0.39 is 0 Å². The number of benzene rings is 7. The Hall–Kier alpha value is -6.38. The molecule has 0 amide bonds. The number of fused-ring (bicyclic) bond motifs is 6. The molecule has 7 aromatic carbocycles. The lowest BCUT2D eigenvalue weighted by Crippen LogP contribution is -1.96. The zero-order valence-corrected chi connectivity index (χ0v) is 27.6. The monoisotopic (exact) mass is 638 g/mol. The van der Waals surface area contributed by atoms with Crippen molar-refractivity contribution in [2.75, 3.05) is 0 Å². The summed E-state index contributed by atoms with van der Waals surface area (Å²) in [6, 6.07) is 60.2. The molecule has 10 rings (SSSR count). The Morgan fingerprint density at radius 2 is 0.920 bits per heavy atom. The first-order valence-corrected chi connectivity index (χ1v) is 17.5. The van der Waals surface area contributed by atoms with E-state index in [-0.39, 0.29) is 0 Å². The first-order chi connectivity index (χ1) is 24.8. The van der Waals surface area contributed by atoms with E-state index in [1.165, 1.54) is 82.8 Å². The average molecular weight is 639 g/mol. The fourth-order valence-corrected chi connectivity index (χ4v) is 8.01. The molecule has 0 aliphatic heterocycles. The molecule has 0 saturated heterocycles. The molecule has 0 N–H and O–H groups in total. The molecule has 50 heavy (non-hydrogen) atoms. The lowest BCUT2D eigenvalue weighted by molar-refractivity contribution is 0.854. The molecule has 1 atom stereocenters. The second kappa shape index (κ2) is 11.6. The maximum Gasteiger partial charge on any atom is 0.0541 e. The molecule has 1 aliphatic carbocycles. The summed E-state index contributed by atoms with van der Waals surface area (Å²) in [6.07, 6.45) is 9.91. The third-order valence-electron chi connectivity index (χ3n) is 10.5.